The van der Waals surface area contributed by atoms with E-state index in [1.165, 1.54) is 72.4 Å². The Morgan fingerprint density at radius 1 is 0.565 bits per heavy atom. The maximum Gasteiger partial charge on any atom is 0.257 e. The lowest BCUT2D eigenvalue weighted by Crippen LogP contribution is -2.66. The van der Waals surface area contributed by atoms with E-state index in [1.807, 2.05) is 0 Å². The number of rotatable bonds is 3. The molecule has 6 aromatic carbocycles. The molecule has 2 nitrogen and oxygen atoms in total. The molecule has 9 rings (SSSR count). The van der Waals surface area contributed by atoms with Gasteiger partial charge in [0, 0.05) is 17.1 Å². The van der Waals surface area contributed by atoms with Gasteiger partial charge in [-0.1, -0.05) is 112 Å². The van der Waals surface area contributed by atoms with Crippen molar-refractivity contribution in [1.29, 1.82) is 0 Å². The van der Waals surface area contributed by atoms with Gasteiger partial charge in [-0.15, -0.1) is 0 Å². The molecule has 0 bridgehead atoms. The fourth-order valence-corrected chi connectivity index (χ4v) is 8.54. The van der Waals surface area contributed by atoms with Gasteiger partial charge >= 0.3 is 0 Å². The summed E-state index contributed by atoms with van der Waals surface area (Å²) in [6.45, 7) is 11.4. The van der Waals surface area contributed by atoms with Crippen molar-refractivity contribution in [2.24, 2.45) is 0 Å². The number of hydrogen-bond donors (Lipinski definition) is 0. The van der Waals surface area contributed by atoms with Gasteiger partial charge < -0.3 is 9.64 Å². The van der Waals surface area contributed by atoms with Crippen LogP contribution in [0.15, 0.2) is 127 Å². The van der Waals surface area contributed by atoms with Crippen LogP contribution in [-0.4, -0.2) is 6.71 Å². The Kier molecular flexibility index (Phi) is 5.64. The van der Waals surface area contributed by atoms with Crippen molar-refractivity contribution in [3.8, 4) is 11.5 Å². The van der Waals surface area contributed by atoms with Gasteiger partial charge in [0.1, 0.15) is 11.5 Å². The van der Waals surface area contributed by atoms with E-state index in [0.29, 0.717) is 0 Å². The Morgan fingerprint density at radius 2 is 1.20 bits per heavy atom. The summed E-state index contributed by atoms with van der Waals surface area (Å²) >= 11 is 0. The van der Waals surface area contributed by atoms with Crippen LogP contribution in [0, 0.1) is 13.8 Å². The minimum Gasteiger partial charge on any atom is -0.458 e. The largest absolute Gasteiger partial charge is 0.458 e. The van der Waals surface area contributed by atoms with Gasteiger partial charge in [0.05, 0.1) is 5.41 Å². The summed E-state index contributed by atoms with van der Waals surface area (Å²) in [6.07, 6.45) is 0. The van der Waals surface area contributed by atoms with E-state index in [4.69, 9.17) is 4.74 Å². The molecule has 3 aliphatic heterocycles. The maximum atomic E-state index is 6.95. The van der Waals surface area contributed by atoms with Crippen LogP contribution in [0.1, 0.15) is 59.7 Å². The van der Waals surface area contributed by atoms with Crippen molar-refractivity contribution in [2.45, 2.75) is 45.4 Å². The molecular weight excluding hydrogens is 557 g/mol. The lowest BCUT2D eigenvalue weighted by Gasteiger charge is -2.50. The third-order valence-electron chi connectivity index (χ3n) is 10.4. The summed E-state index contributed by atoms with van der Waals surface area (Å²) in [4.78, 5) is 2.52. The molecule has 0 saturated heterocycles. The quantitative estimate of drug-likeness (QED) is 0.190. The van der Waals surface area contributed by atoms with Crippen molar-refractivity contribution in [3.63, 3.8) is 0 Å². The summed E-state index contributed by atoms with van der Waals surface area (Å²) < 4.78 is 6.95. The summed E-state index contributed by atoms with van der Waals surface area (Å²) in [7, 11) is 0. The smallest absolute Gasteiger partial charge is 0.257 e. The van der Waals surface area contributed by atoms with Gasteiger partial charge in [0.15, 0.2) is 0 Å². The summed E-state index contributed by atoms with van der Waals surface area (Å²) in [5, 5.41) is 0. The number of hydrogen-bond acceptors (Lipinski definition) is 2. The molecule has 0 atom stereocenters. The first kappa shape index (κ1) is 27.3. The van der Waals surface area contributed by atoms with Crippen molar-refractivity contribution in [2.75, 3.05) is 4.90 Å². The standard InChI is InChI=1S/C43H36BNO/c1-27-22-31(42(3,4)5)26-32(23-27)45-35-20-12-18-33-39(35)44-40-34(19-13-21-37(40)46-38-25-28(2)24-36(45)41(38)44)43(33,29-14-8-6-9-15-29)30-16-10-7-11-17-30/h6-26H,1-5H3. The van der Waals surface area contributed by atoms with E-state index in [-0.39, 0.29) is 12.1 Å². The number of anilines is 3. The molecule has 0 fully saturated rings. The van der Waals surface area contributed by atoms with Crippen LogP contribution in [0.5, 0.6) is 11.5 Å². The third-order valence-corrected chi connectivity index (χ3v) is 10.4. The highest BCUT2D eigenvalue weighted by molar-refractivity contribution is 7.00. The van der Waals surface area contributed by atoms with Crippen LogP contribution in [0.3, 0.4) is 0 Å². The SMILES string of the molecule is Cc1cc(N2c3cc(C)cc4c3B3c5c(cccc5C(c5ccccc5)(c5ccccc5)c5cccc2c53)O4)cc(C(C)(C)C)c1. The molecule has 0 aliphatic carbocycles. The second-order valence-electron chi connectivity index (χ2n) is 14.3. The topological polar surface area (TPSA) is 12.5 Å². The van der Waals surface area contributed by atoms with E-state index in [2.05, 4.69) is 167 Å². The maximum absolute atomic E-state index is 6.95. The van der Waals surface area contributed by atoms with Crippen molar-refractivity contribution in [1.82, 2.24) is 0 Å². The Bertz CT molecular complexity index is 2160. The first-order chi connectivity index (χ1) is 22.3. The summed E-state index contributed by atoms with van der Waals surface area (Å²) in [6, 6.07) is 47.5. The first-order valence-electron chi connectivity index (χ1n) is 16.4. The molecule has 222 valence electrons. The minimum atomic E-state index is -0.520. The van der Waals surface area contributed by atoms with Gasteiger partial charge in [-0.05, 0) is 111 Å². The molecule has 0 unspecified atom stereocenters. The number of ether oxygens (including phenoxy) is 1. The molecule has 3 heterocycles. The highest BCUT2D eigenvalue weighted by Gasteiger charge is 2.54. The minimum absolute atomic E-state index is 0.0218. The molecule has 0 radical (unpaired) electrons. The molecule has 6 aromatic rings. The van der Waals surface area contributed by atoms with Gasteiger partial charge in [-0.3, -0.25) is 0 Å². The lowest BCUT2D eigenvalue weighted by molar-refractivity contribution is 0.485. The van der Waals surface area contributed by atoms with Crippen LogP contribution in [0.4, 0.5) is 17.1 Å². The van der Waals surface area contributed by atoms with E-state index in [0.717, 1.165) is 11.5 Å². The molecule has 46 heavy (non-hydrogen) atoms. The zero-order valence-electron chi connectivity index (χ0n) is 27.1. The van der Waals surface area contributed by atoms with Gasteiger partial charge in [-0.2, -0.15) is 0 Å². The van der Waals surface area contributed by atoms with Gasteiger partial charge in [0.2, 0.25) is 0 Å². The zero-order chi connectivity index (χ0) is 31.4. The monoisotopic (exact) mass is 593 g/mol. The van der Waals surface area contributed by atoms with Crippen molar-refractivity contribution >= 4 is 40.2 Å². The number of aryl methyl sites for hydroxylation is 2. The molecule has 0 amide bonds. The molecule has 0 saturated carbocycles. The predicted molar refractivity (Wildman–Crippen MR) is 192 cm³/mol. The van der Waals surface area contributed by atoms with Crippen LogP contribution in [-0.2, 0) is 10.8 Å². The first-order valence-corrected chi connectivity index (χ1v) is 16.4. The number of nitrogens with zero attached hydrogens (tertiary/aromatic N) is 1. The second-order valence-corrected chi connectivity index (χ2v) is 14.3. The van der Waals surface area contributed by atoms with E-state index < -0.39 is 5.41 Å². The Hall–Kier alpha value is -5.02. The van der Waals surface area contributed by atoms with E-state index in [9.17, 15) is 0 Å². The molecule has 3 aliphatic rings. The van der Waals surface area contributed by atoms with Crippen LogP contribution >= 0.6 is 0 Å². The van der Waals surface area contributed by atoms with Crippen molar-refractivity contribution in [3.05, 3.63) is 166 Å². The molecule has 0 spiro atoms. The van der Waals surface area contributed by atoms with Crippen LogP contribution in [0.2, 0.25) is 0 Å². The Balaban J connectivity index is 1.46. The third kappa shape index (κ3) is 3.60. The Morgan fingerprint density at radius 3 is 1.87 bits per heavy atom. The Labute approximate surface area is 272 Å². The molecular formula is C43H36BNO. The van der Waals surface area contributed by atoms with Gasteiger partial charge in [-0.25, -0.2) is 0 Å². The summed E-state index contributed by atoms with van der Waals surface area (Å²) in [5.74, 6) is 1.92. The predicted octanol–water partition coefficient (Wildman–Crippen LogP) is 8.70. The average Bonchev–Trinajstić information content (AvgIpc) is 3.05. The van der Waals surface area contributed by atoms with Gasteiger partial charge in [0.25, 0.3) is 6.71 Å². The molecule has 0 aromatic heterocycles. The number of benzene rings is 6. The highest BCUT2D eigenvalue weighted by atomic mass is 16.5. The summed E-state index contributed by atoms with van der Waals surface area (Å²) in [5.41, 5.74) is 16.0. The molecule has 0 N–H and O–H groups in total. The average molecular weight is 594 g/mol. The van der Waals surface area contributed by atoms with Crippen molar-refractivity contribution < 1.29 is 4.74 Å². The fourth-order valence-electron chi connectivity index (χ4n) is 8.54. The molecule has 3 heteroatoms. The second kappa shape index (κ2) is 9.50. The normalized spacial score (nSPS) is 14.9. The van der Waals surface area contributed by atoms with E-state index in [1.54, 1.807) is 0 Å². The zero-order valence-corrected chi connectivity index (χ0v) is 27.1. The fraction of sp³-hybridized carbons (Fsp3) is 0.163. The lowest BCUT2D eigenvalue weighted by atomic mass is 9.28. The highest BCUT2D eigenvalue weighted by Crippen LogP contribution is 2.52. The van der Waals surface area contributed by atoms with Crippen LogP contribution < -0.4 is 26.0 Å². The van der Waals surface area contributed by atoms with E-state index >= 15 is 0 Å². The van der Waals surface area contributed by atoms with Crippen LogP contribution in [0.25, 0.3) is 0 Å².